The molecule has 0 fully saturated rings. The first-order chi connectivity index (χ1) is 12.9. The van der Waals surface area contributed by atoms with Crippen LogP contribution in [0.15, 0.2) is 84.9 Å². The van der Waals surface area contributed by atoms with E-state index >= 15 is 0 Å². The van der Waals surface area contributed by atoms with Crippen LogP contribution in [0.1, 0.15) is 0 Å². The van der Waals surface area contributed by atoms with Crippen LogP contribution < -0.4 is 0 Å². The number of rotatable bonds is 0. The van der Waals surface area contributed by atoms with Crippen molar-refractivity contribution in [3.8, 4) is 0 Å². The highest BCUT2D eigenvalue weighted by molar-refractivity contribution is 6.26. The van der Waals surface area contributed by atoms with E-state index in [9.17, 15) is 0 Å². The lowest BCUT2D eigenvalue weighted by atomic mass is 9.94. The standard InChI is InChI=1S/C24H14N2/c1-3-9-17-15(7-1)16-8-2-4-10-18(16)20-14-24-23(13-19(17)20)25-21-11-5-6-12-22(21)26-24/h1-14H. The predicted molar refractivity (Wildman–Crippen MR) is 110 cm³/mol. The van der Waals surface area contributed by atoms with Gasteiger partial charge in [-0.25, -0.2) is 9.97 Å². The Kier molecular flexibility index (Phi) is 2.64. The molecule has 1 heterocycles. The number of nitrogens with zero attached hydrogens (tertiary/aromatic N) is 2. The smallest absolute Gasteiger partial charge is 0.0901 e. The zero-order valence-electron chi connectivity index (χ0n) is 14.0. The molecule has 1 aromatic heterocycles. The third-order valence-corrected chi connectivity index (χ3v) is 5.20. The minimum atomic E-state index is 0.935. The maximum Gasteiger partial charge on any atom is 0.0901 e. The molecule has 0 amide bonds. The van der Waals surface area contributed by atoms with Gasteiger partial charge < -0.3 is 0 Å². The molecule has 0 unspecified atom stereocenters. The predicted octanol–water partition coefficient (Wildman–Crippen LogP) is 6.24. The van der Waals surface area contributed by atoms with E-state index < -0.39 is 0 Å². The van der Waals surface area contributed by atoms with E-state index in [4.69, 9.17) is 9.97 Å². The van der Waals surface area contributed by atoms with E-state index in [1.165, 1.54) is 32.3 Å². The van der Waals surface area contributed by atoms with Crippen LogP contribution in [0.4, 0.5) is 0 Å². The van der Waals surface area contributed by atoms with Gasteiger partial charge in [0.1, 0.15) is 0 Å². The number of fused-ring (bicyclic) bond motifs is 8. The minimum absolute atomic E-state index is 0.935. The second-order valence-electron chi connectivity index (χ2n) is 6.69. The van der Waals surface area contributed by atoms with Crippen LogP contribution in [0.25, 0.3) is 54.4 Å². The van der Waals surface area contributed by atoms with Crippen molar-refractivity contribution in [3.05, 3.63) is 84.9 Å². The molecule has 0 saturated carbocycles. The van der Waals surface area contributed by atoms with Gasteiger partial charge in [0.25, 0.3) is 0 Å². The maximum atomic E-state index is 4.85. The SMILES string of the molecule is c1ccc2nc3cc4c5ccccc5c5ccccc5c4cc3nc2c1. The van der Waals surface area contributed by atoms with E-state index in [-0.39, 0.29) is 0 Å². The van der Waals surface area contributed by atoms with Crippen molar-refractivity contribution < 1.29 is 0 Å². The summed E-state index contributed by atoms with van der Waals surface area (Å²) < 4.78 is 0. The van der Waals surface area contributed by atoms with Crippen molar-refractivity contribution in [1.82, 2.24) is 9.97 Å². The second-order valence-corrected chi connectivity index (χ2v) is 6.69. The molecule has 0 aliphatic rings. The van der Waals surface area contributed by atoms with E-state index in [2.05, 4.69) is 60.7 Å². The van der Waals surface area contributed by atoms with E-state index in [0.717, 1.165) is 22.1 Å². The zero-order valence-corrected chi connectivity index (χ0v) is 14.0. The Bertz CT molecular complexity index is 1370. The molecule has 2 nitrogen and oxygen atoms in total. The molecule has 120 valence electrons. The monoisotopic (exact) mass is 330 g/mol. The largest absolute Gasteiger partial charge is 0.244 e. The third-order valence-electron chi connectivity index (χ3n) is 5.20. The lowest BCUT2D eigenvalue weighted by molar-refractivity contribution is 1.40. The van der Waals surface area contributed by atoms with Crippen molar-refractivity contribution >= 4 is 54.4 Å². The van der Waals surface area contributed by atoms with Crippen molar-refractivity contribution in [1.29, 1.82) is 0 Å². The quantitative estimate of drug-likeness (QED) is 0.243. The molecule has 0 spiro atoms. The molecule has 0 bridgehead atoms. The molecule has 0 N–H and O–H groups in total. The second kappa shape index (κ2) is 4.99. The van der Waals surface area contributed by atoms with Crippen LogP contribution in [-0.2, 0) is 0 Å². The van der Waals surface area contributed by atoms with Crippen LogP contribution in [0, 0.1) is 0 Å². The Hall–Kier alpha value is -3.52. The van der Waals surface area contributed by atoms with Gasteiger partial charge in [-0.2, -0.15) is 0 Å². The van der Waals surface area contributed by atoms with Gasteiger partial charge in [0, 0.05) is 0 Å². The van der Waals surface area contributed by atoms with E-state index in [1.807, 2.05) is 24.3 Å². The Labute approximate surface area is 149 Å². The molecule has 5 aromatic carbocycles. The summed E-state index contributed by atoms with van der Waals surface area (Å²) in [6.45, 7) is 0. The minimum Gasteiger partial charge on any atom is -0.244 e. The van der Waals surface area contributed by atoms with Gasteiger partial charge in [-0.3, -0.25) is 0 Å². The molecule has 6 aromatic rings. The molecule has 0 aliphatic heterocycles. The summed E-state index contributed by atoms with van der Waals surface area (Å²) in [6.07, 6.45) is 0. The summed E-state index contributed by atoms with van der Waals surface area (Å²) >= 11 is 0. The summed E-state index contributed by atoms with van der Waals surface area (Å²) in [4.78, 5) is 9.70. The fraction of sp³-hybridized carbons (Fsp3) is 0. The van der Waals surface area contributed by atoms with Gasteiger partial charge >= 0.3 is 0 Å². The number of benzene rings is 5. The molecule has 26 heavy (non-hydrogen) atoms. The number of para-hydroxylation sites is 2. The Balaban J connectivity index is 1.91. The summed E-state index contributed by atoms with van der Waals surface area (Å²) in [6, 6.07) is 29.7. The lowest BCUT2D eigenvalue weighted by Gasteiger charge is -2.11. The van der Waals surface area contributed by atoms with Gasteiger partial charge in [-0.1, -0.05) is 60.7 Å². The Morgan fingerprint density at radius 1 is 0.346 bits per heavy atom. The molecule has 0 saturated heterocycles. The topological polar surface area (TPSA) is 25.8 Å². The summed E-state index contributed by atoms with van der Waals surface area (Å²) in [5.74, 6) is 0. The van der Waals surface area contributed by atoms with Crippen LogP contribution in [-0.4, -0.2) is 9.97 Å². The van der Waals surface area contributed by atoms with E-state index in [1.54, 1.807) is 0 Å². The van der Waals surface area contributed by atoms with E-state index in [0.29, 0.717) is 0 Å². The van der Waals surface area contributed by atoms with Crippen molar-refractivity contribution in [2.45, 2.75) is 0 Å². The fourth-order valence-electron chi connectivity index (χ4n) is 4.02. The average Bonchev–Trinajstić information content (AvgIpc) is 2.71. The molecule has 0 atom stereocenters. The first kappa shape index (κ1) is 13.7. The third kappa shape index (κ3) is 1.81. The van der Waals surface area contributed by atoms with Crippen LogP contribution in [0.2, 0.25) is 0 Å². The van der Waals surface area contributed by atoms with Crippen LogP contribution >= 0.6 is 0 Å². The fourth-order valence-corrected chi connectivity index (χ4v) is 4.02. The average molecular weight is 330 g/mol. The van der Waals surface area contributed by atoms with Gasteiger partial charge in [0.05, 0.1) is 22.1 Å². The normalized spacial score (nSPS) is 11.8. The Morgan fingerprint density at radius 3 is 1.12 bits per heavy atom. The summed E-state index contributed by atoms with van der Waals surface area (Å²) in [5.41, 5.74) is 3.75. The summed E-state index contributed by atoms with van der Waals surface area (Å²) in [5, 5.41) is 7.55. The molecule has 0 radical (unpaired) electrons. The molecular formula is C24H14N2. The zero-order chi connectivity index (χ0) is 17.1. The van der Waals surface area contributed by atoms with Crippen molar-refractivity contribution in [3.63, 3.8) is 0 Å². The van der Waals surface area contributed by atoms with Gasteiger partial charge in [-0.15, -0.1) is 0 Å². The highest BCUT2D eigenvalue weighted by Crippen LogP contribution is 2.36. The molecular weight excluding hydrogens is 316 g/mol. The molecule has 6 rings (SSSR count). The van der Waals surface area contributed by atoms with Crippen LogP contribution in [0.5, 0.6) is 0 Å². The lowest BCUT2D eigenvalue weighted by Crippen LogP contribution is -1.89. The van der Waals surface area contributed by atoms with Crippen LogP contribution in [0.3, 0.4) is 0 Å². The highest BCUT2D eigenvalue weighted by Gasteiger charge is 2.10. The first-order valence-electron chi connectivity index (χ1n) is 8.78. The van der Waals surface area contributed by atoms with Crippen molar-refractivity contribution in [2.75, 3.05) is 0 Å². The van der Waals surface area contributed by atoms with Crippen molar-refractivity contribution in [2.24, 2.45) is 0 Å². The molecule has 0 aliphatic carbocycles. The van der Waals surface area contributed by atoms with Gasteiger partial charge in [0.2, 0.25) is 0 Å². The first-order valence-corrected chi connectivity index (χ1v) is 8.78. The van der Waals surface area contributed by atoms with Gasteiger partial charge in [0.15, 0.2) is 0 Å². The number of hydrogen-bond acceptors (Lipinski definition) is 2. The Morgan fingerprint density at radius 2 is 0.692 bits per heavy atom. The number of hydrogen-bond donors (Lipinski definition) is 0. The maximum absolute atomic E-state index is 4.85. The molecule has 2 heteroatoms. The highest BCUT2D eigenvalue weighted by atomic mass is 14.8. The van der Waals surface area contributed by atoms with Gasteiger partial charge in [-0.05, 0) is 56.6 Å². The summed E-state index contributed by atoms with van der Waals surface area (Å²) in [7, 11) is 0. The number of aromatic nitrogens is 2.